The van der Waals surface area contributed by atoms with Crippen molar-refractivity contribution in [2.45, 2.75) is 25.4 Å². The topological polar surface area (TPSA) is 82.1 Å². The molecule has 3 aromatic rings. The van der Waals surface area contributed by atoms with Gasteiger partial charge in [0.1, 0.15) is 11.5 Å². The Balaban J connectivity index is 1.19. The Morgan fingerprint density at radius 1 is 0.972 bits per heavy atom. The maximum atomic E-state index is 12.6. The van der Waals surface area contributed by atoms with E-state index in [1.165, 1.54) is 0 Å². The van der Waals surface area contributed by atoms with Crippen molar-refractivity contribution in [3.8, 4) is 11.5 Å². The Morgan fingerprint density at radius 3 is 2.14 bits per heavy atom. The number of likely N-dealkylation sites (tertiary alicyclic amines) is 1. The first-order valence-corrected chi connectivity index (χ1v) is 12.7. The number of aromatic carboxylic acids is 1. The predicted molar refractivity (Wildman–Crippen MR) is 144 cm³/mol. The van der Waals surface area contributed by atoms with Crippen LogP contribution in [0.2, 0.25) is 0 Å². The SMILES string of the molecule is CN(CC(=O)Nc1ccc(Oc2ccc(Br)cc2)cc1)C1CCN(Cc2ccc(C(=O)O)cc2)CC1. The van der Waals surface area contributed by atoms with E-state index in [9.17, 15) is 9.59 Å². The molecule has 188 valence electrons. The van der Waals surface area contributed by atoms with Crippen LogP contribution < -0.4 is 10.1 Å². The number of hydrogen-bond donors (Lipinski definition) is 2. The highest BCUT2D eigenvalue weighted by Gasteiger charge is 2.23. The van der Waals surface area contributed by atoms with Crippen molar-refractivity contribution in [3.63, 3.8) is 0 Å². The average molecular weight is 552 g/mol. The average Bonchev–Trinajstić information content (AvgIpc) is 2.87. The Labute approximate surface area is 219 Å². The van der Waals surface area contributed by atoms with Gasteiger partial charge in [0.15, 0.2) is 0 Å². The first-order valence-electron chi connectivity index (χ1n) is 11.9. The summed E-state index contributed by atoms with van der Waals surface area (Å²) >= 11 is 3.41. The minimum absolute atomic E-state index is 0.0416. The number of carboxylic acid groups (broad SMARTS) is 1. The van der Waals surface area contributed by atoms with E-state index in [4.69, 9.17) is 9.84 Å². The van der Waals surface area contributed by atoms with Crippen LogP contribution in [0, 0.1) is 0 Å². The number of likely N-dealkylation sites (N-methyl/N-ethyl adjacent to an activating group) is 1. The molecular weight excluding hydrogens is 522 g/mol. The van der Waals surface area contributed by atoms with Crippen LogP contribution in [0.1, 0.15) is 28.8 Å². The normalized spacial score (nSPS) is 14.5. The van der Waals surface area contributed by atoms with Gasteiger partial charge in [0.05, 0.1) is 12.1 Å². The zero-order chi connectivity index (χ0) is 25.5. The smallest absolute Gasteiger partial charge is 0.335 e. The molecule has 1 aliphatic heterocycles. The van der Waals surface area contributed by atoms with Crippen molar-refractivity contribution < 1.29 is 19.4 Å². The van der Waals surface area contributed by atoms with E-state index >= 15 is 0 Å². The maximum Gasteiger partial charge on any atom is 0.335 e. The second-order valence-electron chi connectivity index (χ2n) is 9.05. The number of nitrogens with one attached hydrogen (secondary N) is 1. The Bertz CT molecular complexity index is 1160. The third kappa shape index (κ3) is 7.40. The van der Waals surface area contributed by atoms with E-state index in [0.717, 1.165) is 53.9 Å². The lowest BCUT2D eigenvalue weighted by Gasteiger charge is -2.36. The van der Waals surface area contributed by atoms with Crippen LogP contribution in [-0.2, 0) is 11.3 Å². The second-order valence-corrected chi connectivity index (χ2v) is 9.97. The molecule has 1 saturated heterocycles. The number of amides is 1. The fourth-order valence-corrected chi connectivity index (χ4v) is 4.59. The molecule has 3 aromatic carbocycles. The van der Waals surface area contributed by atoms with Gasteiger partial charge in [-0.25, -0.2) is 4.79 Å². The minimum atomic E-state index is -0.905. The van der Waals surface area contributed by atoms with E-state index in [1.54, 1.807) is 12.1 Å². The van der Waals surface area contributed by atoms with Crippen molar-refractivity contribution in [1.29, 1.82) is 0 Å². The van der Waals surface area contributed by atoms with E-state index in [2.05, 4.69) is 31.0 Å². The number of hydrogen-bond acceptors (Lipinski definition) is 5. The number of halogens is 1. The molecule has 1 amide bonds. The Kier molecular flexibility index (Phi) is 8.74. The number of carboxylic acids is 1. The predicted octanol–water partition coefficient (Wildman–Crippen LogP) is 5.47. The Morgan fingerprint density at radius 2 is 1.56 bits per heavy atom. The lowest BCUT2D eigenvalue weighted by Crippen LogP contribution is -2.45. The molecule has 0 atom stereocenters. The van der Waals surface area contributed by atoms with Crippen LogP contribution >= 0.6 is 15.9 Å². The molecule has 8 heteroatoms. The van der Waals surface area contributed by atoms with Crippen LogP contribution in [0.25, 0.3) is 0 Å². The maximum absolute atomic E-state index is 12.6. The molecule has 4 rings (SSSR count). The quantitative estimate of drug-likeness (QED) is 0.366. The van der Waals surface area contributed by atoms with Gasteiger partial charge in [-0.15, -0.1) is 0 Å². The summed E-state index contributed by atoms with van der Waals surface area (Å²) in [6, 6.07) is 22.4. The molecule has 0 saturated carbocycles. The molecule has 1 fully saturated rings. The van der Waals surface area contributed by atoms with Gasteiger partial charge in [-0.1, -0.05) is 28.1 Å². The van der Waals surface area contributed by atoms with Crippen LogP contribution in [0.3, 0.4) is 0 Å². The number of carbonyl (C=O) groups is 2. The molecular formula is C28H30BrN3O4. The van der Waals surface area contributed by atoms with Gasteiger partial charge in [0.2, 0.25) is 5.91 Å². The van der Waals surface area contributed by atoms with E-state index in [1.807, 2.05) is 67.7 Å². The fourth-order valence-electron chi connectivity index (χ4n) is 4.33. The number of nitrogens with zero attached hydrogens (tertiary/aromatic N) is 2. The highest BCUT2D eigenvalue weighted by molar-refractivity contribution is 9.10. The highest BCUT2D eigenvalue weighted by atomic mass is 79.9. The Hall–Kier alpha value is -3.20. The summed E-state index contributed by atoms with van der Waals surface area (Å²) in [6.07, 6.45) is 1.97. The van der Waals surface area contributed by atoms with Crippen molar-refractivity contribution in [2.24, 2.45) is 0 Å². The summed E-state index contributed by atoms with van der Waals surface area (Å²) in [5, 5.41) is 12.0. The number of carbonyl (C=O) groups excluding carboxylic acids is 1. The molecule has 2 N–H and O–H groups in total. The number of anilines is 1. The summed E-state index contributed by atoms with van der Waals surface area (Å²) < 4.78 is 6.82. The highest BCUT2D eigenvalue weighted by Crippen LogP contribution is 2.25. The number of ether oxygens (including phenoxy) is 1. The van der Waals surface area contributed by atoms with Gasteiger partial charge in [0.25, 0.3) is 0 Å². The second kappa shape index (κ2) is 12.2. The molecule has 7 nitrogen and oxygen atoms in total. The van der Waals surface area contributed by atoms with Crippen LogP contribution in [0.5, 0.6) is 11.5 Å². The molecule has 1 heterocycles. The third-order valence-electron chi connectivity index (χ3n) is 6.37. The third-order valence-corrected chi connectivity index (χ3v) is 6.90. The van der Waals surface area contributed by atoms with Crippen LogP contribution in [0.15, 0.2) is 77.3 Å². The zero-order valence-electron chi connectivity index (χ0n) is 20.2. The lowest BCUT2D eigenvalue weighted by molar-refractivity contribution is -0.117. The van der Waals surface area contributed by atoms with Gasteiger partial charge in [-0.05, 0) is 99.2 Å². The summed E-state index contributed by atoms with van der Waals surface area (Å²) in [4.78, 5) is 28.1. The number of rotatable bonds is 9. The summed E-state index contributed by atoms with van der Waals surface area (Å²) in [6.45, 7) is 3.02. The van der Waals surface area contributed by atoms with Gasteiger partial charge in [0, 0.05) is 22.7 Å². The monoisotopic (exact) mass is 551 g/mol. The molecule has 0 spiro atoms. The minimum Gasteiger partial charge on any atom is -0.478 e. The molecule has 0 radical (unpaired) electrons. The van der Waals surface area contributed by atoms with Crippen LogP contribution in [0.4, 0.5) is 5.69 Å². The number of piperidine rings is 1. The van der Waals surface area contributed by atoms with Gasteiger partial charge in [-0.3, -0.25) is 14.6 Å². The standard InChI is InChI=1S/C28H30BrN3O4/c1-31(24-14-16-32(17-15-24)18-20-2-4-21(5-3-20)28(34)35)19-27(33)30-23-8-12-26(13-9-23)36-25-10-6-22(29)7-11-25/h2-13,24H,14-19H2,1H3,(H,30,33)(H,34,35). The largest absolute Gasteiger partial charge is 0.478 e. The van der Waals surface area contributed by atoms with Gasteiger partial charge < -0.3 is 15.2 Å². The zero-order valence-corrected chi connectivity index (χ0v) is 21.8. The molecule has 1 aliphatic rings. The molecule has 0 bridgehead atoms. The summed E-state index contributed by atoms with van der Waals surface area (Å²) in [7, 11) is 2.00. The fraction of sp³-hybridized carbons (Fsp3) is 0.286. The molecule has 0 aromatic heterocycles. The van der Waals surface area contributed by atoms with Crippen molar-refractivity contribution in [2.75, 3.05) is 32.0 Å². The van der Waals surface area contributed by atoms with Crippen molar-refractivity contribution >= 4 is 33.5 Å². The molecule has 0 aliphatic carbocycles. The van der Waals surface area contributed by atoms with E-state index in [0.29, 0.717) is 23.9 Å². The van der Waals surface area contributed by atoms with Gasteiger partial charge >= 0.3 is 5.97 Å². The van der Waals surface area contributed by atoms with E-state index in [-0.39, 0.29) is 5.91 Å². The summed E-state index contributed by atoms with van der Waals surface area (Å²) in [5.41, 5.74) is 2.15. The van der Waals surface area contributed by atoms with E-state index < -0.39 is 5.97 Å². The van der Waals surface area contributed by atoms with Crippen molar-refractivity contribution in [1.82, 2.24) is 9.80 Å². The number of benzene rings is 3. The van der Waals surface area contributed by atoms with Crippen molar-refractivity contribution in [3.05, 3.63) is 88.4 Å². The lowest BCUT2D eigenvalue weighted by atomic mass is 10.0. The van der Waals surface area contributed by atoms with Gasteiger partial charge in [-0.2, -0.15) is 0 Å². The first kappa shape index (κ1) is 25.9. The summed E-state index contributed by atoms with van der Waals surface area (Å²) in [5.74, 6) is 0.507. The molecule has 0 unspecified atom stereocenters. The molecule has 36 heavy (non-hydrogen) atoms. The van der Waals surface area contributed by atoms with Crippen LogP contribution in [-0.4, -0.2) is 59.5 Å². The first-order chi connectivity index (χ1) is 17.4.